The van der Waals surface area contributed by atoms with E-state index in [4.69, 9.17) is 0 Å². The van der Waals surface area contributed by atoms with Gasteiger partial charge in [-0.1, -0.05) is 87.5 Å². The van der Waals surface area contributed by atoms with Gasteiger partial charge >= 0.3 is 0 Å². The summed E-state index contributed by atoms with van der Waals surface area (Å²) >= 11 is 0. The molecule has 5 aromatic carbocycles. The molecule has 0 amide bonds. The molecule has 1 aromatic heterocycles. The molecule has 37 heavy (non-hydrogen) atoms. The molecule has 0 saturated heterocycles. The average Bonchev–Trinajstić information content (AvgIpc) is 3.26. The van der Waals surface area contributed by atoms with Crippen LogP contribution in [-0.4, -0.2) is 11.6 Å². The molecule has 2 nitrogen and oxygen atoms in total. The normalized spacial score (nSPS) is 11.8. The fourth-order valence-electron chi connectivity index (χ4n) is 5.22. The lowest BCUT2D eigenvalue weighted by Crippen LogP contribution is -2.12. The molecule has 0 fully saturated rings. The number of hydrogen-bond donors (Lipinski definition) is 0. The van der Waals surface area contributed by atoms with E-state index in [1.54, 1.807) is 0 Å². The Kier molecular flexibility index (Phi) is 5.61. The minimum absolute atomic E-state index is 0.160. The highest BCUT2D eigenvalue weighted by Gasteiger charge is 2.15. The van der Waals surface area contributed by atoms with Crippen LogP contribution in [0.15, 0.2) is 121 Å². The number of anilines is 2. The van der Waals surface area contributed by atoms with Crippen LogP contribution >= 0.6 is 0 Å². The second-order valence-corrected chi connectivity index (χ2v) is 10.8. The number of aromatic nitrogens is 1. The van der Waals surface area contributed by atoms with Crippen molar-refractivity contribution in [1.29, 1.82) is 0 Å². The highest BCUT2D eigenvalue weighted by atomic mass is 15.1. The zero-order chi connectivity index (χ0) is 25.6. The Morgan fingerprint density at radius 2 is 1.11 bits per heavy atom. The minimum Gasteiger partial charge on any atom is -0.345 e. The number of para-hydroxylation sites is 2. The van der Waals surface area contributed by atoms with Gasteiger partial charge < -0.3 is 9.47 Å². The van der Waals surface area contributed by atoms with Crippen molar-refractivity contribution in [2.24, 2.45) is 0 Å². The maximum absolute atomic E-state index is 2.36. The second kappa shape index (κ2) is 8.97. The van der Waals surface area contributed by atoms with Gasteiger partial charge in [0.2, 0.25) is 0 Å². The Bertz CT molecular complexity index is 1680. The summed E-state index contributed by atoms with van der Waals surface area (Å²) in [5.74, 6) is 0. The summed E-state index contributed by atoms with van der Waals surface area (Å²) in [5, 5.41) is 2.55. The summed E-state index contributed by atoms with van der Waals surface area (Å²) in [6.45, 7) is 6.75. The third-order valence-electron chi connectivity index (χ3n) is 7.40. The van der Waals surface area contributed by atoms with Gasteiger partial charge in [-0.05, 0) is 76.7 Å². The molecule has 0 unspecified atom stereocenters. The number of rotatable bonds is 4. The molecule has 1 heterocycles. The third-order valence-corrected chi connectivity index (χ3v) is 7.40. The maximum Gasteiger partial charge on any atom is 0.0541 e. The monoisotopic (exact) mass is 480 g/mol. The maximum atomic E-state index is 2.36. The molecule has 182 valence electrons. The van der Waals surface area contributed by atoms with Crippen LogP contribution in [0.1, 0.15) is 26.3 Å². The van der Waals surface area contributed by atoms with Crippen LogP contribution in [0.4, 0.5) is 11.4 Å². The lowest BCUT2D eigenvalue weighted by atomic mass is 9.87. The topological polar surface area (TPSA) is 8.17 Å². The third kappa shape index (κ3) is 4.19. The van der Waals surface area contributed by atoms with Gasteiger partial charge in [-0.2, -0.15) is 0 Å². The standard InChI is InChI=1S/C35H32N2/c1-35(2,3)27-17-21-29(22-18-27)36(4)28-19-14-25(15-20-28)26-16-23-34-32(24-26)31-12-8-9-13-33(31)37(34)30-10-6-5-7-11-30/h5-24H,1-4H3. The summed E-state index contributed by atoms with van der Waals surface area (Å²) in [5.41, 5.74) is 9.97. The first-order valence-corrected chi connectivity index (χ1v) is 12.9. The fourth-order valence-corrected chi connectivity index (χ4v) is 5.22. The van der Waals surface area contributed by atoms with Crippen molar-refractivity contribution < 1.29 is 0 Å². The highest BCUT2D eigenvalue weighted by Crippen LogP contribution is 2.35. The van der Waals surface area contributed by atoms with E-state index >= 15 is 0 Å². The van der Waals surface area contributed by atoms with Gasteiger partial charge in [-0.25, -0.2) is 0 Å². The summed E-state index contributed by atoms with van der Waals surface area (Å²) < 4.78 is 2.36. The molecule has 0 aliphatic carbocycles. The predicted octanol–water partition coefficient (Wildman–Crippen LogP) is 9.52. The number of hydrogen-bond acceptors (Lipinski definition) is 1. The Morgan fingerprint density at radius 1 is 0.541 bits per heavy atom. The fraction of sp³-hybridized carbons (Fsp3) is 0.143. The lowest BCUT2D eigenvalue weighted by Gasteiger charge is -2.23. The predicted molar refractivity (Wildman–Crippen MR) is 159 cm³/mol. The highest BCUT2D eigenvalue weighted by molar-refractivity contribution is 6.10. The van der Waals surface area contributed by atoms with Crippen LogP contribution < -0.4 is 4.90 Å². The van der Waals surface area contributed by atoms with Crippen molar-refractivity contribution in [3.63, 3.8) is 0 Å². The molecule has 0 aliphatic rings. The van der Waals surface area contributed by atoms with E-state index < -0.39 is 0 Å². The van der Waals surface area contributed by atoms with Crippen molar-refractivity contribution in [3.05, 3.63) is 127 Å². The smallest absolute Gasteiger partial charge is 0.0541 e. The SMILES string of the molecule is CN(c1ccc(-c2ccc3c(c2)c2ccccc2n3-c2ccccc2)cc1)c1ccc(C(C)(C)C)cc1. The van der Waals surface area contributed by atoms with Crippen molar-refractivity contribution in [2.75, 3.05) is 11.9 Å². The van der Waals surface area contributed by atoms with Crippen molar-refractivity contribution in [2.45, 2.75) is 26.2 Å². The summed E-state index contributed by atoms with van der Waals surface area (Å²) in [6.07, 6.45) is 0. The second-order valence-electron chi connectivity index (χ2n) is 10.8. The van der Waals surface area contributed by atoms with E-state index in [0.29, 0.717) is 0 Å². The number of nitrogens with zero attached hydrogens (tertiary/aromatic N) is 2. The Hall–Kier alpha value is -4.30. The van der Waals surface area contributed by atoms with E-state index in [-0.39, 0.29) is 5.41 Å². The van der Waals surface area contributed by atoms with Crippen LogP contribution in [0.2, 0.25) is 0 Å². The van der Waals surface area contributed by atoms with Gasteiger partial charge in [0.1, 0.15) is 0 Å². The van der Waals surface area contributed by atoms with Crippen LogP contribution in [0.25, 0.3) is 38.6 Å². The first kappa shape index (κ1) is 23.1. The Morgan fingerprint density at radius 3 is 1.78 bits per heavy atom. The van der Waals surface area contributed by atoms with E-state index in [1.165, 1.54) is 55.6 Å². The number of benzene rings is 5. The molecule has 0 N–H and O–H groups in total. The van der Waals surface area contributed by atoms with Gasteiger partial charge in [0.05, 0.1) is 11.0 Å². The molecule has 6 rings (SSSR count). The zero-order valence-corrected chi connectivity index (χ0v) is 21.9. The van der Waals surface area contributed by atoms with E-state index in [0.717, 1.165) is 0 Å². The van der Waals surface area contributed by atoms with E-state index in [2.05, 4.69) is 159 Å². The summed E-state index contributed by atoms with van der Waals surface area (Å²) in [6, 6.07) is 43.9. The average molecular weight is 481 g/mol. The van der Waals surface area contributed by atoms with Gasteiger partial charge in [-0.15, -0.1) is 0 Å². The quantitative estimate of drug-likeness (QED) is 0.244. The molecular weight excluding hydrogens is 448 g/mol. The largest absolute Gasteiger partial charge is 0.345 e. The first-order chi connectivity index (χ1) is 17.9. The Labute approximate surface area is 219 Å². The van der Waals surface area contributed by atoms with Gasteiger partial charge in [0, 0.05) is 34.9 Å². The van der Waals surface area contributed by atoms with E-state index in [1.807, 2.05) is 0 Å². The lowest BCUT2D eigenvalue weighted by molar-refractivity contribution is 0.590. The van der Waals surface area contributed by atoms with Crippen molar-refractivity contribution in [3.8, 4) is 16.8 Å². The van der Waals surface area contributed by atoms with Gasteiger partial charge in [-0.3, -0.25) is 0 Å². The first-order valence-electron chi connectivity index (χ1n) is 12.9. The molecule has 0 saturated carbocycles. The minimum atomic E-state index is 0.160. The van der Waals surface area contributed by atoms with Crippen molar-refractivity contribution >= 4 is 33.2 Å². The van der Waals surface area contributed by atoms with E-state index in [9.17, 15) is 0 Å². The zero-order valence-electron chi connectivity index (χ0n) is 21.9. The molecule has 0 atom stereocenters. The van der Waals surface area contributed by atoms with Crippen LogP contribution in [-0.2, 0) is 5.41 Å². The summed E-state index contributed by atoms with van der Waals surface area (Å²) in [7, 11) is 2.13. The van der Waals surface area contributed by atoms with Crippen LogP contribution in [0.5, 0.6) is 0 Å². The molecule has 0 bridgehead atoms. The molecular formula is C35H32N2. The Balaban J connectivity index is 1.35. The molecule has 0 aliphatic heterocycles. The molecule has 2 heteroatoms. The van der Waals surface area contributed by atoms with Gasteiger partial charge in [0.15, 0.2) is 0 Å². The molecule has 6 aromatic rings. The van der Waals surface area contributed by atoms with Crippen LogP contribution in [0.3, 0.4) is 0 Å². The van der Waals surface area contributed by atoms with Gasteiger partial charge in [0.25, 0.3) is 0 Å². The molecule has 0 radical (unpaired) electrons. The van der Waals surface area contributed by atoms with Crippen LogP contribution in [0, 0.1) is 0 Å². The summed E-state index contributed by atoms with van der Waals surface area (Å²) in [4.78, 5) is 2.24. The van der Waals surface area contributed by atoms with Crippen molar-refractivity contribution in [1.82, 2.24) is 4.57 Å². The molecule has 0 spiro atoms. The number of fused-ring (bicyclic) bond motifs is 3.